The number of rotatable bonds is 4. The fraction of sp³-hybridized carbons (Fsp3) is 0.312. The second-order valence-electron chi connectivity index (χ2n) is 5.16. The van der Waals surface area contributed by atoms with E-state index in [1.165, 1.54) is 0 Å². The molecule has 6 heteroatoms. The standard InChI is InChI=1S/C16H17BrN2O3/c1-3-19(16(20)13-7-12(17)9-18(13)2)8-11-4-5-14-15(6-11)22-10-21-14/h4-7,9H,3,8,10H2,1-2H3. The minimum Gasteiger partial charge on any atom is -0.454 e. The Balaban J connectivity index is 1.79. The number of nitrogens with zero attached hydrogens (tertiary/aromatic N) is 2. The van der Waals surface area contributed by atoms with E-state index in [1.54, 1.807) is 4.90 Å². The Kier molecular flexibility index (Phi) is 4.11. The predicted octanol–water partition coefficient (Wildman–Crippen LogP) is 3.18. The summed E-state index contributed by atoms with van der Waals surface area (Å²) in [5.41, 5.74) is 1.68. The van der Waals surface area contributed by atoms with Gasteiger partial charge in [-0.1, -0.05) is 6.07 Å². The van der Waals surface area contributed by atoms with Crippen LogP contribution in [0.2, 0.25) is 0 Å². The van der Waals surface area contributed by atoms with Crippen LogP contribution in [0, 0.1) is 0 Å². The molecular weight excluding hydrogens is 348 g/mol. The van der Waals surface area contributed by atoms with Crippen molar-refractivity contribution in [1.29, 1.82) is 0 Å². The molecule has 0 saturated heterocycles. The van der Waals surface area contributed by atoms with E-state index in [1.807, 2.05) is 49.0 Å². The third-order valence-electron chi connectivity index (χ3n) is 3.67. The molecule has 0 fully saturated rings. The smallest absolute Gasteiger partial charge is 0.270 e. The lowest BCUT2D eigenvalue weighted by Crippen LogP contribution is -2.31. The van der Waals surface area contributed by atoms with E-state index in [9.17, 15) is 4.79 Å². The second kappa shape index (κ2) is 6.04. The zero-order chi connectivity index (χ0) is 15.7. The molecule has 1 aliphatic heterocycles. The van der Waals surface area contributed by atoms with Crippen LogP contribution in [0.5, 0.6) is 11.5 Å². The largest absolute Gasteiger partial charge is 0.454 e. The fourth-order valence-electron chi connectivity index (χ4n) is 2.49. The first-order valence-corrected chi connectivity index (χ1v) is 7.87. The maximum absolute atomic E-state index is 12.7. The van der Waals surface area contributed by atoms with Gasteiger partial charge in [-0.3, -0.25) is 4.79 Å². The summed E-state index contributed by atoms with van der Waals surface area (Å²) in [6.07, 6.45) is 1.88. The third-order valence-corrected chi connectivity index (χ3v) is 4.10. The number of carbonyl (C=O) groups is 1. The van der Waals surface area contributed by atoms with Gasteiger partial charge in [0.1, 0.15) is 5.69 Å². The zero-order valence-electron chi connectivity index (χ0n) is 12.5. The molecule has 22 heavy (non-hydrogen) atoms. The van der Waals surface area contributed by atoms with Gasteiger partial charge in [-0.25, -0.2) is 0 Å². The molecule has 1 aliphatic rings. The molecule has 5 nitrogen and oxygen atoms in total. The first kappa shape index (κ1) is 15.0. The maximum atomic E-state index is 12.7. The highest BCUT2D eigenvalue weighted by Gasteiger charge is 2.19. The SMILES string of the molecule is CCN(Cc1ccc2c(c1)OCO2)C(=O)c1cc(Br)cn1C. The molecule has 0 spiro atoms. The molecule has 1 amide bonds. The molecule has 0 aliphatic carbocycles. The number of halogens is 1. The Morgan fingerprint density at radius 1 is 1.32 bits per heavy atom. The first-order chi connectivity index (χ1) is 10.6. The molecule has 2 aromatic rings. The van der Waals surface area contributed by atoms with Gasteiger partial charge < -0.3 is 18.9 Å². The summed E-state index contributed by atoms with van der Waals surface area (Å²) in [7, 11) is 1.87. The van der Waals surface area contributed by atoms with Crippen molar-refractivity contribution in [1.82, 2.24) is 9.47 Å². The summed E-state index contributed by atoms with van der Waals surface area (Å²) in [6, 6.07) is 7.61. The lowest BCUT2D eigenvalue weighted by Gasteiger charge is -2.21. The number of aromatic nitrogens is 1. The normalized spacial score (nSPS) is 12.5. The highest BCUT2D eigenvalue weighted by molar-refractivity contribution is 9.10. The molecule has 0 atom stereocenters. The van der Waals surface area contributed by atoms with Crippen molar-refractivity contribution >= 4 is 21.8 Å². The minimum atomic E-state index is 0.00775. The zero-order valence-corrected chi connectivity index (χ0v) is 14.1. The van der Waals surface area contributed by atoms with Crippen LogP contribution in [0.15, 0.2) is 34.9 Å². The second-order valence-corrected chi connectivity index (χ2v) is 6.08. The van der Waals surface area contributed by atoms with E-state index in [0.717, 1.165) is 21.5 Å². The Bertz CT molecular complexity index is 711. The molecular formula is C16H17BrN2O3. The van der Waals surface area contributed by atoms with E-state index in [4.69, 9.17) is 9.47 Å². The summed E-state index contributed by atoms with van der Waals surface area (Å²) in [4.78, 5) is 14.5. The average Bonchev–Trinajstić information content (AvgIpc) is 3.09. The van der Waals surface area contributed by atoms with Gasteiger partial charge in [0.15, 0.2) is 11.5 Å². The van der Waals surface area contributed by atoms with Gasteiger partial charge in [-0.15, -0.1) is 0 Å². The number of hydrogen-bond acceptors (Lipinski definition) is 3. The van der Waals surface area contributed by atoms with Crippen LogP contribution in [0.1, 0.15) is 23.0 Å². The van der Waals surface area contributed by atoms with Gasteiger partial charge in [0.25, 0.3) is 5.91 Å². The van der Waals surface area contributed by atoms with E-state index in [0.29, 0.717) is 18.8 Å². The van der Waals surface area contributed by atoms with Crippen LogP contribution in [0.25, 0.3) is 0 Å². The lowest BCUT2D eigenvalue weighted by atomic mass is 10.2. The van der Waals surface area contributed by atoms with Gasteiger partial charge in [0, 0.05) is 30.8 Å². The Morgan fingerprint density at radius 2 is 2.09 bits per heavy atom. The van der Waals surface area contributed by atoms with E-state index in [-0.39, 0.29) is 12.7 Å². The summed E-state index contributed by atoms with van der Waals surface area (Å²) in [5, 5.41) is 0. The number of ether oxygens (including phenoxy) is 2. The highest BCUT2D eigenvalue weighted by atomic mass is 79.9. The van der Waals surface area contributed by atoms with E-state index in [2.05, 4.69) is 15.9 Å². The first-order valence-electron chi connectivity index (χ1n) is 7.08. The van der Waals surface area contributed by atoms with Crippen molar-refractivity contribution in [3.63, 3.8) is 0 Å². The van der Waals surface area contributed by atoms with Crippen LogP contribution < -0.4 is 9.47 Å². The van der Waals surface area contributed by atoms with Crippen molar-refractivity contribution < 1.29 is 14.3 Å². The lowest BCUT2D eigenvalue weighted by molar-refractivity contribution is 0.0743. The molecule has 0 saturated carbocycles. The molecule has 1 aromatic carbocycles. The molecule has 1 aromatic heterocycles. The van der Waals surface area contributed by atoms with Gasteiger partial charge in [-0.05, 0) is 46.6 Å². The van der Waals surface area contributed by atoms with E-state index < -0.39 is 0 Å². The highest BCUT2D eigenvalue weighted by Crippen LogP contribution is 2.32. The van der Waals surface area contributed by atoms with Crippen LogP contribution >= 0.6 is 15.9 Å². The van der Waals surface area contributed by atoms with Crippen LogP contribution in [-0.2, 0) is 13.6 Å². The molecule has 116 valence electrons. The number of amides is 1. The van der Waals surface area contributed by atoms with Crippen LogP contribution in [0.3, 0.4) is 0 Å². The number of hydrogen-bond donors (Lipinski definition) is 0. The predicted molar refractivity (Wildman–Crippen MR) is 86.1 cm³/mol. The Morgan fingerprint density at radius 3 is 2.77 bits per heavy atom. The van der Waals surface area contributed by atoms with Crippen molar-refractivity contribution in [2.75, 3.05) is 13.3 Å². The van der Waals surface area contributed by atoms with Crippen LogP contribution in [0.4, 0.5) is 0 Å². The van der Waals surface area contributed by atoms with Crippen molar-refractivity contribution in [2.45, 2.75) is 13.5 Å². The van der Waals surface area contributed by atoms with Gasteiger partial charge >= 0.3 is 0 Å². The molecule has 3 rings (SSSR count). The molecule has 2 heterocycles. The van der Waals surface area contributed by atoms with Crippen molar-refractivity contribution in [2.24, 2.45) is 7.05 Å². The number of carbonyl (C=O) groups excluding carboxylic acids is 1. The number of benzene rings is 1. The average molecular weight is 365 g/mol. The molecule has 0 radical (unpaired) electrons. The van der Waals surface area contributed by atoms with Crippen LogP contribution in [-0.4, -0.2) is 28.7 Å². The molecule has 0 N–H and O–H groups in total. The van der Waals surface area contributed by atoms with Gasteiger partial charge in [-0.2, -0.15) is 0 Å². The molecule has 0 bridgehead atoms. The molecule has 0 unspecified atom stereocenters. The summed E-state index contributed by atoms with van der Waals surface area (Å²) < 4.78 is 13.4. The minimum absolute atomic E-state index is 0.00775. The van der Waals surface area contributed by atoms with E-state index >= 15 is 0 Å². The number of aryl methyl sites for hydroxylation is 1. The van der Waals surface area contributed by atoms with Crippen molar-refractivity contribution in [3.8, 4) is 11.5 Å². The third kappa shape index (κ3) is 2.83. The van der Waals surface area contributed by atoms with Gasteiger partial charge in [0.2, 0.25) is 6.79 Å². The monoisotopic (exact) mass is 364 g/mol. The Hall–Kier alpha value is -1.95. The summed E-state index contributed by atoms with van der Waals surface area (Å²) in [6.45, 7) is 3.40. The summed E-state index contributed by atoms with van der Waals surface area (Å²) >= 11 is 3.40. The van der Waals surface area contributed by atoms with Gasteiger partial charge in [0.05, 0.1) is 0 Å². The van der Waals surface area contributed by atoms with Crippen molar-refractivity contribution in [3.05, 3.63) is 46.2 Å². The maximum Gasteiger partial charge on any atom is 0.270 e. The fourth-order valence-corrected chi connectivity index (χ4v) is 3.01. The topological polar surface area (TPSA) is 43.7 Å². The number of fused-ring (bicyclic) bond motifs is 1. The summed E-state index contributed by atoms with van der Waals surface area (Å²) in [5.74, 6) is 1.50. The quantitative estimate of drug-likeness (QED) is 0.836. The Labute approximate surface area is 137 Å².